The fourth-order valence-electron chi connectivity index (χ4n) is 3.88. The van der Waals surface area contributed by atoms with Crippen molar-refractivity contribution < 1.29 is 9.59 Å². The minimum absolute atomic E-state index is 0.204. The molecule has 0 aliphatic carbocycles. The summed E-state index contributed by atoms with van der Waals surface area (Å²) >= 11 is 0. The van der Waals surface area contributed by atoms with Crippen molar-refractivity contribution in [3.05, 3.63) is 131 Å². The molecule has 0 radical (unpaired) electrons. The molecule has 2 amide bonds. The molecule has 0 aliphatic heterocycles. The molecular formula is C28H23N3O2. The number of amides is 2. The van der Waals surface area contributed by atoms with E-state index in [9.17, 15) is 9.59 Å². The Labute approximate surface area is 193 Å². The number of aryl methyl sites for hydroxylation is 1. The zero-order chi connectivity index (χ0) is 23.4. The molecule has 0 bridgehead atoms. The third kappa shape index (κ3) is 4.19. The van der Waals surface area contributed by atoms with Crippen LogP contribution in [0, 0.1) is 13.5 Å². The van der Waals surface area contributed by atoms with Gasteiger partial charge in [-0.1, -0.05) is 66.7 Å². The van der Waals surface area contributed by atoms with Crippen LogP contribution in [0.2, 0.25) is 0 Å². The maximum atomic E-state index is 13.7. The molecule has 1 unspecified atom stereocenters. The largest absolute Gasteiger partial charge is 0.337 e. The first kappa shape index (κ1) is 21.8. The molecule has 0 N–H and O–H groups in total. The molecule has 162 valence electrons. The van der Waals surface area contributed by atoms with E-state index in [2.05, 4.69) is 4.85 Å². The quantitative estimate of drug-likeness (QED) is 0.268. The van der Waals surface area contributed by atoms with Crippen LogP contribution in [0.25, 0.3) is 4.85 Å². The van der Waals surface area contributed by atoms with Gasteiger partial charge >= 0.3 is 0 Å². The van der Waals surface area contributed by atoms with E-state index in [0.29, 0.717) is 16.7 Å². The van der Waals surface area contributed by atoms with Gasteiger partial charge in [-0.15, -0.1) is 0 Å². The molecule has 5 heteroatoms. The Kier molecular flexibility index (Phi) is 6.19. The minimum Gasteiger partial charge on any atom is -0.337 e. The standard InChI is InChI=1S/C28H23N3O2/c1-20-19-30(21(2)22-13-7-4-8-14-22)26(25(20)29-3)31(27(32)23-15-9-5-10-16-23)28(33)24-17-11-6-12-18-24/h4-19,21H,1-2H3. The zero-order valence-electron chi connectivity index (χ0n) is 18.5. The number of hydrogen-bond acceptors (Lipinski definition) is 2. The van der Waals surface area contributed by atoms with Crippen LogP contribution in [-0.2, 0) is 0 Å². The number of aromatic nitrogens is 1. The van der Waals surface area contributed by atoms with Crippen LogP contribution in [0.15, 0.2) is 97.2 Å². The van der Waals surface area contributed by atoms with Crippen molar-refractivity contribution in [2.75, 3.05) is 4.90 Å². The first-order chi connectivity index (χ1) is 16.0. The molecule has 0 spiro atoms. The molecule has 0 saturated carbocycles. The van der Waals surface area contributed by atoms with Gasteiger partial charge in [0.1, 0.15) is 5.82 Å². The second-order valence-corrected chi connectivity index (χ2v) is 7.77. The Morgan fingerprint density at radius 3 is 1.73 bits per heavy atom. The van der Waals surface area contributed by atoms with Crippen LogP contribution in [-0.4, -0.2) is 16.4 Å². The second-order valence-electron chi connectivity index (χ2n) is 7.77. The van der Waals surface area contributed by atoms with Gasteiger partial charge in [0.2, 0.25) is 5.69 Å². The maximum Gasteiger partial charge on any atom is 0.265 e. The Morgan fingerprint density at radius 1 is 0.818 bits per heavy atom. The zero-order valence-corrected chi connectivity index (χ0v) is 18.5. The Morgan fingerprint density at radius 2 is 1.27 bits per heavy atom. The summed E-state index contributed by atoms with van der Waals surface area (Å²) < 4.78 is 1.85. The van der Waals surface area contributed by atoms with Crippen LogP contribution in [0.1, 0.15) is 44.8 Å². The van der Waals surface area contributed by atoms with E-state index < -0.39 is 11.8 Å². The summed E-state index contributed by atoms with van der Waals surface area (Å²) in [7, 11) is 0. The van der Waals surface area contributed by atoms with E-state index in [1.807, 2.05) is 67.1 Å². The first-order valence-corrected chi connectivity index (χ1v) is 10.7. The molecule has 0 fully saturated rings. The van der Waals surface area contributed by atoms with Crippen molar-refractivity contribution in [1.29, 1.82) is 0 Å². The summed E-state index contributed by atoms with van der Waals surface area (Å²) in [6.45, 7) is 11.6. The lowest BCUT2D eigenvalue weighted by Crippen LogP contribution is -2.39. The molecule has 1 heterocycles. The highest BCUT2D eigenvalue weighted by molar-refractivity contribution is 6.26. The molecule has 0 aliphatic rings. The topological polar surface area (TPSA) is 46.7 Å². The number of hydrogen-bond donors (Lipinski definition) is 0. The third-order valence-corrected chi connectivity index (χ3v) is 5.63. The van der Waals surface area contributed by atoms with Gasteiger partial charge in [-0.3, -0.25) is 9.59 Å². The average molecular weight is 434 g/mol. The molecule has 1 aromatic heterocycles. The number of anilines is 1. The van der Waals surface area contributed by atoms with E-state index in [4.69, 9.17) is 6.57 Å². The van der Waals surface area contributed by atoms with E-state index in [1.165, 1.54) is 0 Å². The second kappa shape index (κ2) is 9.37. The minimum atomic E-state index is -0.478. The summed E-state index contributed by atoms with van der Waals surface area (Å²) in [6, 6.07) is 26.9. The van der Waals surface area contributed by atoms with E-state index in [-0.39, 0.29) is 17.5 Å². The maximum absolute atomic E-state index is 13.7. The molecule has 3 aromatic carbocycles. The molecule has 4 rings (SSSR count). The van der Waals surface area contributed by atoms with Gasteiger partial charge in [-0.25, -0.2) is 9.74 Å². The highest BCUT2D eigenvalue weighted by atomic mass is 16.2. The number of nitrogens with zero attached hydrogens (tertiary/aromatic N) is 3. The third-order valence-electron chi connectivity index (χ3n) is 5.63. The van der Waals surface area contributed by atoms with Crippen molar-refractivity contribution in [2.45, 2.75) is 19.9 Å². The molecule has 4 aromatic rings. The van der Waals surface area contributed by atoms with Crippen molar-refractivity contribution in [1.82, 2.24) is 4.57 Å². The van der Waals surface area contributed by atoms with E-state index in [1.54, 1.807) is 48.5 Å². The molecule has 1 atom stereocenters. The van der Waals surface area contributed by atoms with E-state index in [0.717, 1.165) is 10.5 Å². The van der Waals surface area contributed by atoms with Crippen molar-refractivity contribution in [2.24, 2.45) is 0 Å². The molecular weight excluding hydrogens is 410 g/mol. The lowest BCUT2D eigenvalue weighted by molar-refractivity contribution is 0.0895. The summed E-state index contributed by atoms with van der Waals surface area (Å²) in [5.41, 5.74) is 2.73. The van der Waals surface area contributed by atoms with Gasteiger partial charge in [-0.05, 0) is 55.4 Å². The van der Waals surface area contributed by atoms with Gasteiger partial charge in [-0.2, -0.15) is 0 Å². The van der Waals surface area contributed by atoms with Gasteiger partial charge in [0.15, 0.2) is 0 Å². The smallest absolute Gasteiger partial charge is 0.265 e. The van der Waals surface area contributed by atoms with Gasteiger partial charge in [0.25, 0.3) is 11.8 Å². The summed E-state index contributed by atoms with van der Waals surface area (Å²) in [5, 5.41) is 0. The van der Waals surface area contributed by atoms with Crippen LogP contribution in [0.3, 0.4) is 0 Å². The van der Waals surface area contributed by atoms with Crippen LogP contribution < -0.4 is 4.90 Å². The van der Waals surface area contributed by atoms with Gasteiger partial charge < -0.3 is 4.57 Å². The number of carbonyl (C=O) groups excluding carboxylic acids is 2. The first-order valence-electron chi connectivity index (χ1n) is 10.7. The van der Waals surface area contributed by atoms with E-state index >= 15 is 0 Å². The van der Waals surface area contributed by atoms with Crippen molar-refractivity contribution >= 4 is 23.3 Å². The van der Waals surface area contributed by atoms with Gasteiger partial charge in [0, 0.05) is 11.1 Å². The Bertz CT molecular complexity index is 1270. The predicted octanol–water partition coefficient (Wildman–Crippen LogP) is 6.44. The number of carbonyl (C=O) groups is 2. The molecule has 33 heavy (non-hydrogen) atoms. The summed E-state index contributed by atoms with van der Waals surface area (Å²) in [4.78, 5) is 32.3. The summed E-state index contributed by atoms with van der Waals surface area (Å²) in [6.07, 6.45) is 1.84. The molecule has 5 nitrogen and oxygen atoms in total. The van der Waals surface area contributed by atoms with Crippen LogP contribution >= 0.6 is 0 Å². The summed E-state index contributed by atoms with van der Waals surface area (Å²) in [5.74, 6) is -0.676. The normalized spacial score (nSPS) is 11.4. The number of imide groups is 1. The highest BCUT2D eigenvalue weighted by Crippen LogP contribution is 2.39. The molecule has 0 saturated heterocycles. The fourth-order valence-corrected chi connectivity index (χ4v) is 3.88. The van der Waals surface area contributed by atoms with Crippen LogP contribution in [0.5, 0.6) is 0 Å². The average Bonchev–Trinajstić information content (AvgIpc) is 3.20. The predicted molar refractivity (Wildman–Crippen MR) is 130 cm³/mol. The fraction of sp³-hybridized carbons (Fsp3) is 0.107. The Balaban J connectivity index is 1.94. The van der Waals surface area contributed by atoms with Gasteiger partial charge in [0.05, 0.1) is 12.6 Å². The van der Waals surface area contributed by atoms with Crippen molar-refractivity contribution in [3.63, 3.8) is 0 Å². The number of rotatable bonds is 5. The number of benzene rings is 3. The highest BCUT2D eigenvalue weighted by Gasteiger charge is 2.33. The van der Waals surface area contributed by atoms with Crippen LogP contribution in [0.4, 0.5) is 11.5 Å². The monoisotopic (exact) mass is 433 g/mol. The van der Waals surface area contributed by atoms with Crippen molar-refractivity contribution in [3.8, 4) is 0 Å². The lowest BCUT2D eigenvalue weighted by atomic mass is 10.1. The lowest BCUT2D eigenvalue weighted by Gasteiger charge is -2.27. The SMILES string of the molecule is [C-]#[N+]c1c(C)cn(C(C)c2ccccc2)c1N(C(=O)c1ccccc1)C(=O)c1ccccc1. The Hall–Kier alpha value is -4.43.